The zero-order valence-corrected chi connectivity index (χ0v) is 61.6. The van der Waals surface area contributed by atoms with Gasteiger partial charge in [0.05, 0.1) is 26.4 Å². The fourth-order valence-electron chi connectivity index (χ4n) is 11.1. The van der Waals surface area contributed by atoms with Crippen LogP contribution >= 0.6 is 15.6 Å². The fraction of sp³-hybridized carbons (Fsp3) is 0.945. The highest BCUT2D eigenvalue weighted by atomic mass is 31.2. The Morgan fingerprint density at radius 3 is 0.739 bits per heavy atom. The highest BCUT2D eigenvalue weighted by Gasteiger charge is 2.30. The van der Waals surface area contributed by atoms with Crippen molar-refractivity contribution >= 4 is 39.5 Å². The molecule has 0 fully saturated rings. The smallest absolute Gasteiger partial charge is 0.462 e. The monoisotopic (exact) mass is 1350 g/mol. The van der Waals surface area contributed by atoms with Crippen LogP contribution in [-0.2, 0) is 65.4 Å². The molecule has 0 aliphatic carbocycles. The third-order valence-electron chi connectivity index (χ3n) is 17.0. The van der Waals surface area contributed by atoms with Gasteiger partial charge >= 0.3 is 39.5 Å². The van der Waals surface area contributed by atoms with Crippen molar-refractivity contribution in [3.63, 3.8) is 0 Å². The number of aliphatic hydroxyl groups is 1. The number of rotatable bonds is 72. The van der Waals surface area contributed by atoms with Crippen LogP contribution in [0.15, 0.2) is 0 Å². The molecule has 0 aromatic rings. The van der Waals surface area contributed by atoms with Crippen LogP contribution in [0.1, 0.15) is 375 Å². The van der Waals surface area contributed by atoms with Crippen LogP contribution in [0.3, 0.4) is 0 Å². The summed E-state index contributed by atoms with van der Waals surface area (Å²) in [6.07, 6.45) is 51.6. The topological polar surface area (TPSA) is 237 Å². The number of carbonyl (C=O) groups excluding carboxylic acids is 4. The molecule has 92 heavy (non-hydrogen) atoms. The van der Waals surface area contributed by atoms with Gasteiger partial charge in [0.1, 0.15) is 19.3 Å². The Labute approximate surface area is 562 Å². The van der Waals surface area contributed by atoms with Gasteiger partial charge in [0.25, 0.3) is 0 Å². The lowest BCUT2D eigenvalue weighted by molar-refractivity contribution is -0.161. The second-order valence-corrected chi connectivity index (χ2v) is 30.2. The summed E-state index contributed by atoms with van der Waals surface area (Å²) in [6.45, 7) is 9.49. The van der Waals surface area contributed by atoms with Gasteiger partial charge in [-0.1, -0.05) is 324 Å². The Morgan fingerprint density at radius 2 is 0.500 bits per heavy atom. The summed E-state index contributed by atoms with van der Waals surface area (Å²) in [4.78, 5) is 72.5. The van der Waals surface area contributed by atoms with Crippen LogP contribution in [0.2, 0.25) is 0 Å². The molecule has 19 heteroatoms. The highest BCUT2D eigenvalue weighted by Crippen LogP contribution is 2.45. The first kappa shape index (κ1) is 90.1. The van der Waals surface area contributed by atoms with Crippen molar-refractivity contribution in [3.8, 4) is 0 Å². The molecule has 0 bridgehead atoms. The molecular formula is C73H142O17P2. The first-order valence-corrected chi connectivity index (χ1v) is 41.0. The number of aliphatic hydroxyl groups excluding tert-OH is 1. The van der Waals surface area contributed by atoms with Crippen LogP contribution in [-0.4, -0.2) is 96.7 Å². The summed E-state index contributed by atoms with van der Waals surface area (Å²) >= 11 is 0. The maximum absolute atomic E-state index is 13.1. The number of unbranched alkanes of at least 4 members (excludes halogenated alkanes) is 42. The van der Waals surface area contributed by atoms with Gasteiger partial charge in [-0.3, -0.25) is 37.3 Å². The lowest BCUT2D eigenvalue weighted by Crippen LogP contribution is -2.30. The van der Waals surface area contributed by atoms with Crippen molar-refractivity contribution in [2.45, 2.75) is 394 Å². The Bertz CT molecular complexity index is 1790. The van der Waals surface area contributed by atoms with Gasteiger partial charge in [-0.2, -0.15) is 0 Å². The zero-order valence-electron chi connectivity index (χ0n) is 59.9. The molecule has 17 nitrogen and oxygen atoms in total. The zero-order chi connectivity index (χ0) is 67.9. The third kappa shape index (κ3) is 66.7. The van der Waals surface area contributed by atoms with Gasteiger partial charge < -0.3 is 33.8 Å². The predicted molar refractivity (Wildman–Crippen MR) is 372 cm³/mol. The Balaban J connectivity index is 5.17. The molecule has 0 rings (SSSR count). The molecule has 0 aliphatic rings. The van der Waals surface area contributed by atoms with E-state index in [4.69, 9.17) is 37.0 Å². The number of hydrogen-bond donors (Lipinski definition) is 3. The number of hydrogen-bond acceptors (Lipinski definition) is 15. The lowest BCUT2D eigenvalue weighted by Gasteiger charge is -2.21. The van der Waals surface area contributed by atoms with Crippen LogP contribution in [0.25, 0.3) is 0 Å². The van der Waals surface area contributed by atoms with Crippen molar-refractivity contribution in [2.24, 2.45) is 11.8 Å². The van der Waals surface area contributed by atoms with Crippen LogP contribution in [0, 0.1) is 11.8 Å². The number of phosphoric ester groups is 2. The maximum atomic E-state index is 13.1. The Hall–Kier alpha value is -1.94. The summed E-state index contributed by atoms with van der Waals surface area (Å²) in [7, 11) is -9.90. The van der Waals surface area contributed by atoms with E-state index in [2.05, 4.69) is 41.5 Å². The SMILES string of the molecule is CCCCCCCCCCCCCCCCCCCCCCC(=O)O[C@H](COC(=O)CCCCCCCCCCCCCC(C)C)COP(=O)(O)OC[C@@H](O)COP(=O)(O)OC[C@@H](COC(=O)CCCCCCCCC)OC(=O)CCCCCCCCCCC(C)C. The Morgan fingerprint density at radius 1 is 0.293 bits per heavy atom. The molecule has 0 saturated heterocycles. The molecule has 0 spiro atoms. The molecule has 0 aliphatic heterocycles. The second kappa shape index (κ2) is 65.0. The van der Waals surface area contributed by atoms with E-state index in [0.29, 0.717) is 25.7 Å². The van der Waals surface area contributed by atoms with E-state index in [1.807, 2.05) is 0 Å². The first-order valence-electron chi connectivity index (χ1n) is 38.0. The molecule has 2 unspecified atom stereocenters. The quantitative estimate of drug-likeness (QED) is 0.0222. The van der Waals surface area contributed by atoms with Crippen LogP contribution in [0.5, 0.6) is 0 Å². The van der Waals surface area contributed by atoms with Crippen molar-refractivity contribution in [1.82, 2.24) is 0 Å². The minimum Gasteiger partial charge on any atom is -0.462 e. The Kier molecular flexibility index (Phi) is 63.7. The van der Waals surface area contributed by atoms with Crippen LogP contribution in [0.4, 0.5) is 0 Å². The predicted octanol–water partition coefficient (Wildman–Crippen LogP) is 21.2. The molecule has 546 valence electrons. The van der Waals surface area contributed by atoms with E-state index >= 15 is 0 Å². The van der Waals surface area contributed by atoms with E-state index in [-0.39, 0.29) is 25.7 Å². The molecule has 0 radical (unpaired) electrons. The largest absolute Gasteiger partial charge is 0.472 e. The average molecular weight is 1350 g/mol. The summed E-state index contributed by atoms with van der Waals surface area (Å²) in [5, 5.41) is 10.6. The van der Waals surface area contributed by atoms with Gasteiger partial charge in [-0.15, -0.1) is 0 Å². The maximum Gasteiger partial charge on any atom is 0.472 e. The first-order chi connectivity index (χ1) is 44.4. The van der Waals surface area contributed by atoms with Gasteiger partial charge in [0.15, 0.2) is 12.2 Å². The summed E-state index contributed by atoms with van der Waals surface area (Å²) in [5.74, 6) is -0.637. The molecule has 0 amide bonds. The van der Waals surface area contributed by atoms with E-state index in [9.17, 15) is 43.2 Å². The molecule has 3 N–H and O–H groups in total. The molecule has 0 heterocycles. The molecular weight excluding hydrogens is 1210 g/mol. The van der Waals surface area contributed by atoms with Crippen LogP contribution < -0.4 is 0 Å². The second-order valence-electron chi connectivity index (χ2n) is 27.3. The molecule has 0 aromatic carbocycles. The molecule has 5 atom stereocenters. The summed E-state index contributed by atoms with van der Waals surface area (Å²) in [6, 6.07) is 0. The lowest BCUT2D eigenvalue weighted by atomic mass is 10.0. The average Bonchev–Trinajstić information content (AvgIpc) is 1.53. The van der Waals surface area contributed by atoms with Gasteiger partial charge in [0, 0.05) is 25.7 Å². The standard InChI is InChI=1S/C73H142O17P2/c1-7-9-11-13-15-16-17-18-19-20-21-22-23-24-25-28-32-39-45-51-57-72(77)89-69(62-84-71(76)56-50-44-38-31-29-26-27-30-36-41-47-53-65(3)4)64-88-92(81,82)86-60-67(74)59-85-91(79,80)87-63-68(61-83-70(75)55-49-43-35-14-12-10-8-2)90-73(78)58-52-46-40-34-33-37-42-48-54-66(5)6/h65-69,74H,7-64H2,1-6H3,(H,79,80)(H,81,82)/t67-,68+,69+/m0/s1. The highest BCUT2D eigenvalue weighted by molar-refractivity contribution is 7.47. The van der Waals surface area contributed by atoms with Gasteiger partial charge in [-0.05, 0) is 37.5 Å². The van der Waals surface area contributed by atoms with Crippen molar-refractivity contribution in [2.75, 3.05) is 39.6 Å². The van der Waals surface area contributed by atoms with E-state index < -0.39 is 97.5 Å². The van der Waals surface area contributed by atoms with Crippen molar-refractivity contribution in [3.05, 3.63) is 0 Å². The third-order valence-corrected chi connectivity index (χ3v) is 18.9. The van der Waals surface area contributed by atoms with Gasteiger partial charge in [-0.25, -0.2) is 9.13 Å². The van der Waals surface area contributed by atoms with Gasteiger partial charge in [0.2, 0.25) is 0 Å². The fourth-order valence-corrected chi connectivity index (χ4v) is 12.7. The van der Waals surface area contributed by atoms with E-state index in [0.717, 1.165) is 115 Å². The number of esters is 4. The summed E-state index contributed by atoms with van der Waals surface area (Å²) in [5.41, 5.74) is 0. The van der Waals surface area contributed by atoms with Crippen molar-refractivity contribution < 1.29 is 80.2 Å². The minimum atomic E-state index is -4.95. The molecule has 0 saturated carbocycles. The van der Waals surface area contributed by atoms with E-state index in [1.54, 1.807) is 0 Å². The van der Waals surface area contributed by atoms with E-state index in [1.165, 1.54) is 180 Å². The normalized spacial score (nSPS) is 14.1. The molecule has 0 aromatic heterocycles. The summed E-state index contributed by atoms with van der Waals surface area (Å²) < 4.78 is 68.3. The number of phosphoric acid groups is 2. The van der Waals surface area contributed by atoms with Crippen molar-refractivity contribution in [1.29, 1.82) is 0 Å². The number of ether oxygens (including phenoxy) is 4. The minimum absolute atomic E-state index is 0.104. The number of carbonyl (C=O) groups is 4.